The van der Waals surface area contributed by atoms with E-state index in [9.17, 15) is 4.79 Å². The van der Waals surface area contributed by atoms with Crippen molar-refractivity contribution in [3.05, 3.63) is 23.5 Å². The number of rotatable bonds is 2. The fraction of sp³-hybridized carbons (Fsp3) is 0.300. The second kappa shape index (κ2) is 4.42. The topological polar surface area (TPSA) is 67.4 Å². The summed E-state index contributed by atoms with van der Waals surface area (Å²) in [5.41, 5.74) is 1.65. The summed E-state index contributed by atoms with van der Waals surface area (Å²) in [6, 6.07) is 3.73. The summed E-state index contributed by atoms with van der Waals surface area (Å²) in [5, 5.41) is 12.5. The maximum absolute atomic E-state index is 10.6. The highest BCUT2D eigenvalue weighted by Crippen LogP contribution is 2.10. The molecule has 0 N–H and O–H groups in total. The van der Waals surface area contributed by atoms with E-state index >= 15 is 0 Å². The molecule has 0 saturated heterocycles. The summed E-state index contributed by atoms with van der Waals surface area (Å²) in [6.45, 7) is 2.95. The lowest BCUT2D eigenvalue weighted by molar-refractivity contribution is -0.140. The molecule has 1 aromatic heterocycles. The molecule has 78 valence electrons. The van der Waals surface area contributed by atoms with Crippen LogP contribution in [0.25, 0.3) is 0 Å². The number of hydrogen-bond acceptors (Lipinski definition) is 4. The van der Waals surface area contributed by atoms with Gasteiger partial charge in [-0.25, -0.2) is 4.79 Å². The van der Waals surface area contributed by atoms with E-state index in [1.807, 2.05) is 6.07 Å². The maximum Gasteiger partial charge on any atom is 0.331 e. The van der Waals surface area contributed by atoms with Gasteiger partial charge in [0.15, 0.2) is 0 Å². The minimum absolute atomic E-state index is 0.484. The molecule has 5 nitrogen and oxygen atoms in total. The molecular weight excluding hydrogens is 194 g/mol. The lowest BCUT2D eigenvalue weighted by Gasteiger charge is -2.02. The summed E-state index contributed by atoms with van der Waals surface area (Å²) in [4.78, 5) is 15.1. The molecule has 0 aliphatic heterocycles. The normalized spacial score (nSPS) is 10.9. The van der Waals surface area contributed by atoms with Gasteiger partial charge in [0.25, 0.3) is 0 Å². The van der Waals surface area contributed by atoms with Crippen LogP contribution >= 0.6 is 0 Å². The summed E-state index contributed by atoms with van der Waals surface area (Å²) >= 11 is 0. The lowest BCUT2D eigenvalue weighted by atomic mass is 10.2. The number of hydrogen-bond donors (Lipinski definition) is 0. The highest BCUT2D eigenvalue weighted by Gasteiger charge is 2.10. The minimum Gasteiger partial charge on any atom is -0.348 e. The molecule has 0 atom stereocenters. The smallest absolute Gasteiger partial charge is 0.331 e. The van der Waals surface area contributed by atoms with E-state index in [4.69, 9.17) is 5.26 Å². The number of nitriles is 1. The molecule has 0 spiro atoms. The van der Waals surface area contributed by atoms with Crippen LogP contribution in [0.3, 0.4) is 0 Å². The van der Waals surface area contributed by atoms with Crippen LogP contribution in [0.5, 0.6) is 0 Å². The van der Waals surface area contributed by atoms with Gasteiger partial charge >= 0.3 is 5.97 Å². The lowest BCUT2D eigenvalue weighted by Crippen LogP contribution is -2.06. The molecule has 0 aliphatic rings. The zero-order chi connectivity index (χ0) is 11.4. The molecule has 0 amide bonds. The van der Waals surface area contributed by atoms with E-state index in [-0.39, 0.29) is 0 Å². The Morgan fingerprint density at radius 1 is 1.60 bits per heavy atom. The molecule has 0 radical (unpaired) electrons. The standard InChI is InChI=1S/C10H11N3O2/c1-7(12-15-8(2)14)10-9(6-11)4-5-13(10)3/h4-5H,1-3H3/b12-7+. The van der Waals surface area contributed by atoms with Gasteiger partial charge in [0.2, 0.25) is 0 Å². The first-order valence-corrected chi connectivity index (χ1v) is 4.34. The van der Waals surface area contributed by atoms with Crippen molar-refractivity contribution in [3.63, 3.8) is 0 Å². The Kier molecular flexibility index (Phi) is 3.24. The summed E-state index contributed by atoms with van der Waals surface area (Å²) in [6.07, 6.45) is 1.75. The van der Waals surface area contributed by atoms with Gasteiger partial charge in [0, 0.05) is 20.2 Å². The SMILES string of the molecule is CC(=O)O/N=C(\C)c1c(C#N)ccn1C. The van der Waals surface area contributed by atoms with E-state index < -0.39 is 5.97 Å². The average Bonchev–Trinajstić information content (AvgIpc) is 2.56. The second-order valence-electron chi connectivity index (χ2n) is 3.06. The molecule has 0 fully saturated rings. The van der Waals surface area contributed by atoms with Crippen molar-refractivity contribution < 1.29 is 9.63 Å². The van der Waals surface area contributed by atoms with Gasteiger partial charge in [-0.1, -0.05) is 5.16 Å². The molecular formula is C10H11N3O2. The van der Waals surface area contributed by atoms with Gasteiger partial charge in [0.1, 0.15) is 11.8 Å². The molecule has 0 aliphatic carbocycles. The molecule has 0 aromatic carbocycles. The third-order valence-corrected chi connectivity index (χ3v) is 1.85. The second-order valence-corrected chi connectivity index (χ2v) is 3.06. The zero-order valence-corrected chi connectivity index (χ0v) is 8.81. The Bertz CT molecular complexity index is 452. The largest absolute Gasteiger partial charge is 0.348 e. The fourth-order valence-electron chi connectivity index (χ4n) is 1.25. The van der Waals surface area contributed by atoms with Gasteiger partial charge < -0.3 is 9.40 Å². The predicted molar refractivity (Wildman–Crippen MR) is 54.1 cm³/mol. The van der Waals surface area contributed by atoms with E-state index in [1.54, 1.807) is 30.8 Å². The average molecular weight is 205 g/mol. The summed E-state index contributed by atoms with van der Waals surface area (Å²) < 4.78 is 1.75. The van der Waals surface area contributed by atoms with Gasteiger partial charge in [-0.15, -0.1) is 0 Å². The number of nitrogens with zero attached hydrogens (tertiary/aromatic N) is 3. The maximum atomic E-state index is 10.6. The first kappa shape index (κ1) is 11.0. The highest BCUT2D eigenvalue weighted by atomic mass is 16.7. The highest BCUT2D eigenvalue weighted by molar-refractivity contribution is 5.99. The third-order valence-electron chi connectivity index (χ3n) is 1.85. The first-order valence-electron chi connectivity index (χ1n) is 4.34. The number of aromatic nitrogens is 1. The molecule has 5 heteroatoms. The Hall–Kier alpha value is -2.09. The van der Waals surface area contributed by atoms with Crippen LogP contribution in [-0.4, -0.2) is 16.2 Å². The van der Waals surface area contributed by atoms with Crippen molar-refractivity contribution in [2.24, 2.45) is 12.2 Å². The molecule has 1 heterocycles. The molecule has 0 unspecified atom stereocenters. The van der Waals surface area contributed by atoms with Crippen LogP contribution in [0.2, 0.25) is 0 Å². The molecule has 1 aromatic rings. The predicted octanol–water partition coefficient (Wildman–Crippen LogP) is 1.18. The Labute approximate surface area is 87.6 Å². The molecule has 15 heavy (non-hydrogen) atoms. The quantitative estimate of drug-likeness (QED) is 0.413. The fourth-order valence-corrected chi connectivity index (χ4v) is 1.25. The van der Waals surface area contributed by atoms with Crippen molar-refractivity contribution in [2.75, 3.05) is 0 Å². The Morgan fingerprint density at radius 3 is 2.80 bits per heavy atom. The third kappa shape index (κ3) is 2.44. The van der Waals surface area contributed by atoms with Crippen LogP contribution in [0.15, 0.2) is 17.4 Å². The first-order chi connectivity index (χ1) is 7.06. The number of aryl methyl sites for hydroxylation is 1. The Balaban J connectivity index is 3.05. The Morgan fingerprint density at radius 2 is 2.27 bits per heavy atom. The van der Waals surface area contributed by atoms with Crippen molar-refractivity contribution >= 4 is 11.7 Å². The van der Waals surface area contributed by atoms with Crippen molar-refractivity contribution in [1.29, 1.82) is 5.26 Å². The minimum atomic E-state index is -0.484. The molecule has 0 bridgehead atoms. The van der Waals surface area contributed by atoms with Crippen molar-refractivity contribution in [2.45, 2.75) is 13.8 Å². The van der Waals surface area contributed by atoms with Crippen LogP contribution in [0.1, 0.15) is 25.1 Å². The number of oxime groups is 1. The van der Waals surface area contributed by atoms with E-state index in [0.717, 1.165) is 0 Å². The summed E-state index contributed by atoms with van der Waals surface area (Å²) in [7, 11) is 1.79. The van der Waals surface area contributed by atoms with Gasteiger partial charge in [0.05, 0.1) is 11.3 Å². The van der Waals surface area contributed by atoms with Crippen LogP contribution in [0.4, 0.5) is 0 Å². The van der Waals surface area contributed by atoms with Crippen LogP contribution in [0, 0.1) is 11.3 Å². The van der Waals surface area contributed by atoms with E-state index in [2.05, 4.69) is 9.99 Å². The van der Waals surface area contributed by atoms with Crippen LogP contribution in [-0.2, 0) is 16.7 Å². The molecule has 0 saturated carbocycles. The number of carbonyl (C=O) groups is 1. The summed E-state index contributed by atoms with van der Waals surface area (Å²) in [5.74, 6) is -0.484. The van der Waals surface area contributed by atoms with Gasteiger partial charge in [-0.3, -0.25) is 0 Å². The monoisotopic (exact) mass is 205 g/mol. The van der Waals surface area contributed by atoms with E-state index in [0.29, 0.717) is 17.0 Å². The van der Waals surface area contributed by atoms with Crippen molar-refractivity contribution in [3.8, 4) is 6.07 Å². The molecule has 1 rings (SSSR count). The van der Waals surface area contributed by atoms with E-state index in [1.165, 1.54) is 6.92 Å². The van der Waals surface area contributed by atoms with Gasteiger partial charge in [-0.05, 0) is 13.0 Å². The zero-order valence-electron chi connectivity index (χ0n) is 8.81. The van der Waals surface area contributed by atoms with Gasteiger partial charge in [-0.2, -0.15) is 5.26 Å². The van der Waals surface area contributed by atoms with Crippen LogP contribution < -0.4 is 0 Å². The van der Waals surface area contributed by atoms with Crippen molar-refractivity contribution in [1.82, 2.24) is 4.57 Å². The number of carbonyl (C=O) groups excluding carboxylic acids is 1.